The zero-order valence-electron chi connectivity index (χ0n) is 18.0. The Morgan fingerprint density at radius 3 is 2.74 bits per heavy atom. The van der Waals surface area contributed by atoms with Gasteiger partial charge in [0.1, 0.15) is 28.5 Å². The number of halogens is 1. The zero-order valence-corrected chi connectivity index (χ0v) is 18.8. The number of carbonyl (C=O) groups is 1. The van der Waals surface area contributed by atoms with E-state index in [0.717, 1.165) is 41.5 Å². The fourth-order valence-corrected chi connectivity index (χ4v) is 5.01. The molecule has 0 aliphatic heterocycles. The molecule has 0 saturated heterocycles. The summed E-state index contributed by atoms with van der Waals surface area (Å²) in [5, 5.41) is 7.23. The summed E-state index contributed by atoms with van der Waals surface area (Å²) in [6.45, 7) is 5.69. The van der Waals surface area contributed by atoms with Crippen LogP contribution in [0.1, 0.15) is 61.2 Å². The lowest BCUT2D eigenvalue weighted by Gasteiger charge is -2.22. The van der Waals surface area contributed by atoms with Crippen molar-refractivity contribution in [3.05, 3.63) is 40.8 Å². The van der Waals surface area contributed by atoms with Gasteiger partial charge in [-0.15, -0.1) is 11.3 Å². The molecule has 3 aromatic rings. The molecule has 6 nitrogen and oxygen atoms in total. The van der Waals surface area contributed by atoms with Gasteiger partial charge in [0.25, 0.3) is 5.91 Å². The summed E-state index contributed by atoms with van der Waals surface area (Å²) in [7, 11) is 0. The fraction of sp³-hybridized carbons (Fsp3) is 0.435. The highest BCUT2D eigenvalue weighted by molar-refractivity contribution is 7.20. The van der Waals surface area contributed by atoms with E-state index in [0.29, 0.717) is 22.1 Å². The van der Waals surface area contributed by atoms with E-state index in [1.165, 1.54) is 36.2 Å². The van der Waals surface area contributed by atoms with E-state index >= 15 is 0 Å². The lowest BCUT2D eigenvalue weighted by atomic mass is 9.95. The van der Waals surface area contributed by atoms with E-state index in [4.69, 9.17) is 4.74 Å². The van der Waals surface area contributed by atoms with Crippen molar-refractivity contribution < 1.29 is 13.9 Å². The number of benzene rings is 1. The number of aromatic nitrogens is 2. The van der Waals surface area contributed by atoms with Gasteiger partial charge in [0.15, 0.2) is 0 Å². The molecule has 0 atom stereocenters. The van der Waals surface area contributed by atoms with Crippen LogP contribution in [0.4, 0.5) is 15.9 Å². The van der Waals surface area contributed by atoms with Crippen LogP contribution in [0.5, 0.6) is 5.75 Å². The van der Waals surface area contributed by atoms with Gasteiger partial charge in [0.2, 0.25) is 0 Å². The minimum atomic E-state index is -0.373. The predicted molar refractivity (Wildman–Crippen MR) is 122 cm³/mol. The van der Waals surface area contributed by atoms with Crippen molar-refractivity contribution in [1.82, 2.24) is 15.3 Å². The lowest BCUT2D eigenvalue weighted by molar-refractivity contribution is 0.0931. The van der Waals surface area contributed by atoms with Gasteiger partial charge >= 0.3 is 0 Å². The van der Waals surface area contributed by atoms with Crippen LogP contribution in [-0.4, -0.2) is 28.0 Å². The highest BCUT2D eigenvalue weighted by Crippen LogP contribution is 2.36. The Bertz CT molecular complexity index is 1090. The molecule has 1 aliphatic rings. The zero-order chi connectivity index (χ0) is 22.0. The average Bonchev–Trinajstić information content (AvgIpc) is 3.08. The van der Waals surface area contributed by atoms with E-state index in [-0.39, 0.29) is 23.9 Å². The van der Waals surface area contributed by atoms with Gasteiger partial charge in [-0.1, -0.05) is 19.3 Å². The van der Waals surface area contributed by atoms with Gasteiger partial charge in [-0.25, -0.2) is 14.4 Å². The Morgan fingerprint density at radius 1 is 1.23 bits per heavy atom. The molecule has 1 fully saturated rings. The molecule has 0 unspecified atom stereocenters. The van der Waals surface area contributed by atoms with Crippen molar-refractivity contribution in [2.24, 2.45) is 0 Å². The van der Waals surface area contributed by atoms with Crippen LogP contribution in [0.2, 0.25) is 0 Å². The molecule has 1 amide bonds. The molecule has 1 aromatic carbocycles. The summed E-state index contributed by atoms with van der Waals surface area (Å²) >= 11 is 1.37. The second kappa shape index (κ2) is 9.18. The molecule has 2 N–H and O–H groups in total. The third kappa shape index (κ3) is 4.79. The summed E-state index contributed by atoms with van der Waals surface area (Å²) < 4.78 is 19.5. The van der Waals surface area contributed by atoms with Gasteiger partial charge in [-0.3, -0.25) is 4.79 Å². The number of aryl methyl sites for hydroxylation is 1. The topological polar surface area (TPSA) is 76.1 Å². The Hall–Kier alpha value is -2.74. The van der Waals surface area contributed by atoms with E-state index < -0.39 is 0 Å². The van der Waals surface area contributed by atoms with Crippen LogP contribution in [0.15, 0.2) is 24.5 Å². The largest absolute Gasteiger partial charge is 0.489 e. The average molecular weight is 443 g/mol. The van der Waals surface area contributed by atoms with E-state index in [1.54, 1.807) is 6.07 Å². The smallest absolute Gasteiger partial charge is 0.261 e. The number of nitrogens with zero attached hydrogens (tertiary/aromatic N) is 2. The van der Waals surface area contributed by atoms with Crippen molar-refractivity contribution in [1.29, 1.82) is 0 Å². The minimum Gasteiger partial charge on any atom is -0.489 e. The molecule has 4 rings (SSSR count). The summed E-state index contributed by atoms with van der Waals surface area (Å²) in [6.07, 6.45) is 6.99. The SMILES string of the molecule is Cc1c(C(=O)NC2CCCCC2)sc2ncnc(Nc3ccc(F)cc3OC(C)C)c12. The third-order valence-electron chi connectivity index (χ3n) is 5.43. The maximum Gasteiger partial charge on any atom is 0.261 e. The molecule has 8 heteroatoms. The number of anilines is 2. The number of hydrogen-bond acceptors (Lipinski definition) is 6. The number of amides is 1. The predicted octanol–water partition coefficient (Wildman–Crippen LogP) is 5.73. The summed E-state index contributed by atoms with van der Waals surface area (Å²) in [5.74, 6) is 0.548. The first-order valence-electron chi connectivity index (χ1n) is 10.7. The first-order valence-corrected chi connectivity index (χ1v) is 11.5. The number of thiophene rings is 1. The van der Waals surface area contributed by atoms with Crippen LogP contribution >= 0.6 is 11.3 Å². The molecule has 2 aromatic heterocycles. The number of nitrogens with one attached hydrogen (secondary N) is 2. The number of hydrogen-bond donors (Lipinski definition) is 2. The van der Waals surface area contributed by atoms with Gasteiger partial charge < -0.3 is 15.4 Å². The van der Waals surface area contributed by atoms with Crippen molar-refractivity contribution >= 4 is 39.0 Å². The fourth-order valence-electron chi connectivity index (χ4n) is 3.96. The van der Waals surface area contributed by atoms with E-state index in [2.05, 4.69) is 20.6 Å². The Morgan fingerprint density at radius 2 is 2.00 bits per heavy atom. The first kappa shape index (κ1) is 21.5. The molecule has 1 aliphatic carbocycles. The van der Waals surface area contributed by atoms with Crippen molar-refractivity contribution in [2.45, 2.75) is 65.0 Å². The van der Waals surface area contributed by atoms with E-state index in [1.807, 2.05) is 20.8 Å². The maximum absolute atomic E-state index is 13.8. The summed E-state index contributed by atoms with van der Waals surface area (Å²) in [5.41, 5.74) is 1.44. The van der Waals surface area contributed by atoms with Crippen LogP contribution in [0.25, 0.3) is 10.2 Å². The maximum atomic E-state index is 13.8. The van der Waals surface area contributed by atoms with Gasteiger partial charge in [0.05, 0.1) is 22.1 Å². The molecule has 1 saturated carbocycles. The quantitative estimate of drug-likeness (QED) is 0.510. The standard InChI is InChI=1S/C23H27FN4O2S/c1-13(2)30-18-11-15(24)9-10-17(18)28-21-19-14(3)20(31-23(19)26-12-25-21)22(29)27-16-7-5-4-6-8-16/h9-13,16H,4-8H2,1-3H3,(H,27,29)(H,25,26,28). The van der Waals surface area contributed by atoms with Gasteiger partial charge in [-0.2, -0.15) is 0 Å². The third-order valence-corrected chi connectivity index (χ3v) is 6.63. The van der Waals surface area contributed by atoms with Crippen molar-refractivity contribution in [2.75, 3.05) is 5.32 Å². The molecular weight excluding hydrogens is 415 g/mol. The van der Waals surface area contributed by atoms with Gasteiger partial charge in [-0.05, 0) is 51.3 Å². The lowest BCUT2D eigenvalue weighted by Crippen LogP contribution is -2.36. The number of ether oxygens (including phenoxy) is 1. The Kier molecular flexibility index (Phi) is 6.36. The Labute approximate surface area is 185 Å². The van der Waals surface area contributed by atoms with Gasteiger partial charge in [0, 0.05) is 12.1 Å². The van der Waals surface area contributed by atoms with Crippen LogP contribution < -0.4 is 15.4 Å². The molecule has 0 radical (unpaired) electrons. The van der Waals surface area contributed by atoms with Crippen molar-refractivity contribution in [3.63, 3.8) is 0 Å². The van der Waals surface area contributed by atoms with Crippen LogP contribution in [0, 0.1) is 12.7 Å². The molecule has 0 bridgehead atoms. The van der Waals surface area contributed by atoms with Crippen molar-refractivity contribution in [3.8, 4) is 5.75 Å². The number of rotatable bonds is 6. The monoisotopic (exact) mass is 442 g/mol. The summed E-state index contributed by atoms with van der Waals surface area (Å²) in [6, 6.07) is 4.59. The molecule has 31 heavy (non-hydrogen) atoms. The highest BCUT2D eigenvalue weighted by Gasteiger charge is 2.23. The molecule has 2 heterocycles. The minimum absolute atomic E-state index is 0.0519. The second-order valence-electron chi connectivity index (χ2n) is 8.20. The Balaban J connectivity index is 1.65. The highest BCUT2D eigenvalue weighted by atomic mass is 32.1. The van der Waals surface area contributed by atoms with Crippen LogP contribution in [0.3, 0.4) is 0 Å². The number of carbonyl (C=O) groups excluding carboxylic acids is 1. The number of fused-ring (bicyclic) bond motifs is 1. The van der Waals surface area contributed by atoms with E-state index in [9.17, 15) is 9.18 Å². The second-order valence-corrected chi connectivity index (χ2v) is 9.20. The van der Waals surface area contributed by atoms with Crippen LogP contribution in [-0.2, 0) is 0 Å². The molecule has 164 valence electrons. The molecule has 0 spiro atoms. The summed E-state index contributed by atoms with van der Waals surface area (Å²) in [4.78, 5) is 23.1. The normalized spacial score (nSPS) is 14.7. The first-order chi connectivity index (χ1) is 14.9. The molecular formula is C23H27FN4O2S.